The standard InChI is InChI=1S/C24H23ClN2O4/c1-14-4-6-15(7-5-14)17-11-22(29)26(19-10-16(27(30)31)8-9-18(19)25)20-12-24(2,3)13-21(28)23(17)20/h4-10,17H,11-13H2,1-3H3. The number of halogens is 1. The number of rotatable bonds is 3. The Hall–Kier alpha value is -2.99. The number of anilines is 1. The van der Waals surface area contributed by atoms with Crippen molar-refractivity contribution in [1.82, 2.24) is 0 Å². The van der Waals surface area contributed by atoms with Gasteiger partial charge in [0.2, 0.25) is 5.91 Å². The van der Waals surface area contributed by atoms with E-state index in [0.717, 1.165) is 11.1 Å². The van der Waals surface area contributed by atoms with Crippen LogP contribution in [0.1, 0.15) is 50.2 Å². The maximum atomic E-state index is 13.4. The molecule has 1 atom stereocenters. The summed E-state index contributed by atoms with van der Waals surface area (Å²) in [6, 6.07) is 11.9. The number of ketones is 1. The largest absolute Gasteiger partial charge is 0.294 e. The van der Waals surface area contributed by atoms with E-state index in [-0.39, 0.29) is 45.8 Å². The number of nitro groups is 1. The lowest BCUT2D eigenvalue weighted by atomic mass is 9.69. The normalized spacial score (nSPS) is 20.6. The van der Waals surface area contributed by atoms with Gasteiger partial charge in [-0.1, -0.05) is 55.3 Å². The molecule has 2 aliphatic rings. The first kappa shape index (κ1) is 21.2. The number of hydrogen-bond acceptors (Lipinski definition) is 4. The topological polar surface area (TPSA) is 80.5 Å². The maximum absolute atomic E-state index is 13.4. The van der Waals surface area contributed by atoms with Crippen LogP contribution in [0.5, 0.6) is 0 Å². The molecule has 0 saturated carbocycles. The Bertz CT molecular complexity index is 1130. The molecule has 0 saturated heterocycles. The van der Waals surface area contributed by atoms with Crippen molar-refractivity contribution < 1.29 is 14.5 Å². The molecule has 0 bridgehead atoms. The summed E-state index contributed by atoms with van der Waals surface area (Å²) in [7, 11) is 0. The molecule has 6 nitrogen and oxygen atoms in total. The van der Waals surface area contributed by atoms with E-state index < -0.39 is 4.92 Å². The van der Waals surface area contributed by atoms with Crippen molar-refractivity contribution in [2.24, 2.45) is 5.41 Å². The fraction of sp³-hybridized carbons (Fsp3) is 0.333. The summed E-state index contributed by atoms with van der Waals surface area (Å²) in [6.45, 7) is 5.96. The molecule has 0 radical (unpaired) electrons. The number of non-ortho nitro benzene ring substituents is 1. The maximum Gasteiger partial charge on any atom is 0.271 e. The average Bonchev–Trinajstić information content (AvgIpc) is 2.67. The Kier molecular flexibility index (Phi) is 5.21. The van der Waals surface area contributed by atoms with Gasteiger partial charge in [0.05, 0.1) is 15.6 Å². The zero-order valence-electron chi connectivity index (χ0n) is 17.6. The zero-order valence-corrected chi connectivity index (χ0v) is 18.4. The summed E-state index contributed by atoms with van der Waals surface area (Å²) in [6.07, 6.45) is 0.993. The molecule has 7 heteroatoms. The first-order chi connectivity index (χ1) is 14.6. The van der Waals surface area contributed by atoms with Crippen LogP contribution in [0.25, 0.3) is 0 Å². The number of nitrogens with zero attached hydrogens (tertiary/aromatic N) is 2. The van der Waals surface area contributed by atoms with Gasteiger partial charge in [0.1, 0.15) is 0 Å². The molecule has 0 spiro atoms. The van der Waals surface area contributed by atoms with E-state index in [1.165, 1.54) is 23.1 Å². The van der Waals surface area contributed by atoms with Gasteiger partial charge in [-0.3, -0.25) is 24.6 Å². The SMILES string of the molecule is Cc1ccc(C2CC(=O)N(c3cc([N+](=O)[O-])ccc3Cl)C3=C2C(=O)CC(C)(C)C3)cc1. The van der Waals surface area contributed by atoms with E-state index in [4.69, 9.17) is 11.6 Å². The fourth-order valence-electron chi connectivity index (χ4n) is 4.56. The Labute approximate surface area is 185 Å². The Balaban J connectivity index is 1.93. The molecule has 1 unspecified atom stereocenters. The highest BCUT2D eigenvalue weighted by molar-refractivity contribution is 6.34. The Morgan fingerprint density at radius 1 is 1.10 bits per heavy atom. The molecule has 2 aromatic carbocycles. The van der Waals surface area contributed by atoms with Crippen LogP contribution in [0.3, 0.4) is 0 Å². The minimum Gasteiger partial charge on any atom is -0.294 e. The lowest BCUT2D eigenvalue weighted by Gasteiger charge is -2.43. The number of hydrogen-bond donors (Lipinski definition) is 0. The highest BCUT2D eigenvalue weighted by Gasteiger charge is 2.44. The molecule has 1 aliphatic heterocycles. The molecule has 2 aromatic rings. The van der Waals surface area contributed by atoms with Crippen molar-refractivity contribution in [2.45, 2.75) is 46.0 Å². The van der Waals surface area contributed by atoms with Crippen LogP contribution in [0.15, 0.2) is 53.7 Å². The minimum atomic E-state index is -0.519. The first-order valence-electron chi connectivity index (χ1n) is 10.2. The van der Waals surface area contributed by atoms with Gasteiger partial charge in [0.25, 0.3) is 5.69 Å². The molecular formula is C24H23ClN2O4. The molecule has 31 heavy (non-hydrogen) atoms. The van der Waals surface area contributed by atoms with Crippen LogP contribution < -0.4 is 4.90 Å². The summed E-state index contributed by atoms with van der Waals surface area (Å²) >= 11 is 6.39. The summed E-state index contributed by atoms with van der Waals surface area (Å²) < 4.78 is 0. The minimum absolute atomic E-state index is 0.0101. The van der Waals surface area contributed by atoms with Crippen molar-refractivity contribution in [2.75, 3.05) is 4.90 Å². The van der Waals surface area contributed by atoms with E-state index in [1.54, 1.807) is 0 Å². The molecule has 160 valence electrons. The van der Waals surface area contributed by atoms with E-state index in [9.17, 15) is 19.7 Å². The molecule has 0 aromatic heterocycles. The van der Waals surface area contributed by atoms with Gasteiger partial charge < -0.3 is 0 Å². The van der Waals surface area contributed by atoms with E-state index in [2.05, 4.69) is 0 Å². The third-order valence-electron chi connectivity index (χ3n) is 6.00. The van der Waals surface area contributed by atoms with Crippen molar-refractivity contribution in [3.63, 3.8) is 0 Å². The first-order valence-corrected chi connectivity index (χ1v) is 10.5. The van der Waals surface area contributed by atoms with Gasteiger partial charge in [-0.15, -0.1) is 0 Å². The average molecular weight is 439 g/mol. The van der Waals surface area contributed by atoms with Gasteiger partial charge in [0.15, 0.2) is 5.78 Å². The number of benzene rings is 2. The smallest absolute Gasteiger partial charge is 0.271 e. The molecule has 0 fully saturated rings. The lowest BCUT2D eigenvalue weighted by molar-refractivity contribution is -0.384. The Morgan fingerprint density at radius 3 is 2.42 bits per heavy atom. The quantitative estimate of drug-likeness (QED) is 0.453. The van der Waals surface area contributed by atoms with Crippen molar-refractivity contribution in [1.29, 1.82) is 0 Å². The van der Waals surface area contributed by atoms with Crippen molar-refractivity contribution in [3.8, 4) is 0 Å². The van der Waals surface area contributed by atoms with E-state index in [1.807, 2.05) is 45.0 Å². The van der Waals surface area contributed by atoms with E-state index >= 15 is 0 Å². The summed E-state index contributed by atoms with van der Waals surface area (Å²) in [5.41, 5.74) is 3.00. The number of amides is 1. The second-order valence-electron chi connectivity index (χ2n) is 9.09. The fourth-order valence-corrected chi connectivity index (χ4v) is 4.77. The molecular weight excluding hydrogens is 416 g/mol. The third kappa shape index (κ3) is 3.88. The zero-order chi connectivity index (χ0) is 22.5. The third-order valence-corrected chi connectivity index (χ3v) is 6.32. The predicted octanol–water partition coefficient (Wildman–Crippen LogP) is 5.72. The highest BCUT2D eigenvalue weighted by Crippen LogP contribution is 2.49. The summed E-state index contributed by atoms with van der Waals surface area (Å²) in [5, 5.41) is 11.6. The summed E-state index contributed by atoms with van der Waals surface area (Å²) in [5.74, 6) is -0.548. The second kappa shape index (κ2) is 7.61. The molecule has 4 rings (SSSR count). The number of Topliss-reactive ketones (excluding diaryl/α,β-unsaturated/α-hetero) is 1. The predicted molar refractivity (Wildman–Crippen MR) is 119 cm³/mol. The van der Waals surface area contributed by atoms with Crippen molar-refractivity contribution in [3.05, 3.63) is 80.0 Å². The van der Waals surface area contributed by atoms with Crippen LogP contribution in [0, 0.1) is 22.5 Å². The van der Waals surface area contributed by atoms with Crippen LogP contribution in [0.2, 0.25) is 5.02 Å². The number of carbonyl (C=O) groups excluding carboxylic acids is 2. The second-order valence-corrected chi connectivity index (χ2v) is 9.50. The molecule has 0 N–H and O–H groups in total. The number of nitro benzene ring substituents is 1. The van der Waals surface area contributed by atoms with Crippen molar-refractivity contribution >= 4 is 34.7 Å². The van der Waals surface area contributed by atoms with Crippen LogP contribution >= 0.6 is 11.6 Å². The Morgan fingerprint density at radius 2 is 1.77 bits per heavy atom. The van der Waals surface area contributed by atoms with Gasteiger partial charge in [-0.25, -0.2) is 0 Å². The highest BCUT2D eigenvalue weighted by atomic mass is 35.5. The van der Waals surface area contributed by atoms with Gasteiger partial charge in [0, 0.05) is 42.2 Å². The molecule has 1 aliphatic carbocycles. The number of aryl methyl sites for hydroxylation is 1. The lowest BCUT2D eigenvalue weighted by Crippen LogP contribution is -2.43. The molecule has 1 heterocycles. The van der Waals surface area contributed by atoms with Crippen LogP contribution in [-0.4, -0.2) is 16.6 Å². The van der Waals surface area contributed by atoms with Gasteiger partial charge in [-0.2, -0.15) is 0 Å². The summed E-state index contributed by atoms with van der Waals surface area (Å²) in [4.78, 5) is 38.9. The van der Waals surface area contributed by atoms with Gasteiger partial charge >= 0.3 is 0 Å². The number of carbonyl (C=O) groups is 2. The van der Waals surface area contributed by atoms with E-state index in [0.29, 0.717) is 24.1 Å². The van der Waals surface area contributed by atoms with Crippen LogP contribution in [0.4, 0.5) is 11.4 Å². The monoisotopic (exact) mass is 438 g/mol. The van der Waals surface area contributed by atoms with Crippen LogP contribution in [-0.2, 0) is 9.59 Å². The number of allylic oxidation sites excluding steroid dienone is 2. The van der Waals surface area contributed by atoms with Gasteiger partial charge in [-0.05, 0) is 30.4 Å². The molecule has 1 amide bonds.